The van der Waals surface area contributed by atoms with Crippen molar-refractivity contribution in [3.63, 3.8) is 0 Å². The highest BCUT2D eigenvalue weighted by molar-refractivity contribution is 5.97. The average molecular weight is 425 g/mol. The number of benzene rings is 1. The molecule has 1 amide bonds. The number of nitrogens with one attached hydrogen (secondary N) is 1. The van der Waals surface area contributed by atoms with Crippen LogP contribution in [0.3, 0.4) is 0 Å². The third-order valence-electron chi connectivity index (χ3n) is 7.50. The largest absolute Gasteiger partial charge is 0.317 e. The molecule has 0 bridgehead atoms. The highest BCUT2D eigenvalue weighted by Crippen LogP contribution is 2.29. The smallest absolute Gasteiger partial charge is 0.251 e. The number of hydrogen-bond acceptors (Lipinski definition) is 2. The van der Waals surface area contributed by atoms with Crippen LogP contribution < -0.4 is 5.32 Å². The summed E-state index contributed by atoms with van der Waals surface area (Å²) in [5.74, 6) is 0.226. The average Bonchev–Trinajstić information content (AvgIpc) is 2.98. The first-order valence-corrected chi connectivity index (χ1v) is 12.9. The van der Waals surface area contributed by atoms with E-state index in [4.69, 9.17) is 0 Å². The molecule has 0 saturated heterocycles. The summed E-state index contributed by atoms with van der Waals surface area (Å²) in [6, 6.07) is 11.4. The van der Waals surface area contributed by atoms with Crippen molar-refractivity contribution in [2.24, 2.45) is 0 Å². The molecule has 3 rings (SSSR count). The molecule has 1 heterocycles. The molecule has 1 aliphatic heterocycles. The topological polar surface area (TPSA) is 32.3 Å². The summed E-state index contributed by atoms with van der Waals surface area (Å²) in [7, 11) is 0. The molecule has 31 heavy (non-hydrogen) atoms. The minimum absolute atomic E-state index is 0.0659. The minimum Gasteiger partial charge on any atom is -0.317 e. The molecule has 2 aliphatic rings. The van der Waals surface area contributed by atoms with E-state index in [0.29, 0.717) is 6.04 Å². The molecule has 0 spiro atoms. The summed E-state index contributed by atoms with van der Waals surface area (Å²) in [4.78, 5) is 15.3. The van der Waals surface area contributed by atoms with Gasteiger partial charge in [-0.2, -0.15) is 0 Å². The van der Waals surface area contributed by atoms with Crippen LogP contribution in [0.2, 0.25) is 0 Å². The lowest BCUT2D eigenvalue weighted by molar-refractivity contribution is -0.129. The second-order valence-electron chi connectivity index (χ2n) is 9.92. The normalized spacial score (nSPS) is 23.5. The summed E-state index contributed by atoms with van der Waals surface area (Å²) in [5, 5.41) is 3.96. The Morgan fingerprint density at radius 1 is 0.903 bits per heavy atom. The van der Waals surface area contributed by atoms with Gasteiger partial charge in [0, 0.05) is 17.7 Å². The maximum atomic E-state index is 13.2. The van der Waals surface area contributed by atoms with E-state index in [1.807, 2.05) is 6.92 Å². The second kappa shape index (κ2) is 12.4. The van der Waals surface area contributed by atoms with Crippen molar-refractivity contribution in [2.45, 2.75) is 122 Å². The number of carbonyl (C=O) groups excluding carboxylic acids is 1. The van der Waals surface area contributed by atoms with Gasteiger partial charge in [-0.3, -0.25) is 10.1 Å². The lowest BCUT2D eigenvalue weighted by Crippen LogP contribution is -2.52. The molecule has 0 aromatic heterocycles. The van der Waals surface area contributed by atoms with Crippen molar-refractivity contribution >= 4 is 5.91 Å². The summed E-state index contributed by atoms with van der Waals surface area (Å²) >= 11 is 0. The van der Waals surface area contributed by atoms with Gasteiger partial charge in [-0.15, -0.1) is 0 Å². The van der Waals surface area contributed by atoms with E-state index in [1.165, 1.54) is 81.8 Å². The molecule has 3 nitrogen and oxygen atoms in total. The lowest BCUT2D eigenvalue weighted by atomic mass is 9.97. The number of aryl methyl sites for hydroxylation is 1. The maximum Gasteiger partial charge on any atom is 0.251 e. The van der Waals surface area contributed by atoms with E-state index in [0.717, 1.165) is 18.4 Å². The monoisotopic (exact) mass is 424 g/mol. The van der Waals surface area contributed by atoms with Crippen molar-refractivity contribution in [3.05, 3.63) is 47.0 Å². The molecular formula is C28H44N2O. The van der Waals surface area contributed by atoms with E-state index in [1.54, 1.807) is 0 Å². The number of nitrogens with zero attached hydrogens (tertiary/aromatic N) is 1. The van der Waals surface area contributed by atoms with Crippen molar-refractivity contribution in [2.75, 3.05) is 0 Å². The Labute approximate surface area is 190 Å². The predicted molar refractivity (Wildman–Crippen MR) is 131 cm³/mol. The third kappa shape index (κ3) is 6.94. The van der Waals surface area contributed by atoms with Crippen LogP contribution in [-0.4, -0.2) is 29.1 Å². The van der Waals surface area contributed by atoms with Crippen LogP contribution in [-0.2, 0) is 11.2 Å². The van der Waals surface area contributed by atoms with Gasteiger partial charge < -0.3 is 4.90 Å². The zero-order valence-electron chi connectivity index (χ0n) is 20.2. The Hall–Kier alpha value is -1.61. The Morgan fingerprint density at radius 3 is 2.03 bits per heavy atom. The van der Waals surface area contributed by atoms with Gasteiger partial charge in [0.2, 0.25) is 0 Å². The summed E-state index contributed by atoms with van der Waals surface area (Å²) in [6.07, 6.45) is 16.9. The molecular weight excluding hydrogens is 380 g/mol. The highest BCUT2D eigenvalue weighted by atomic mass is 16.2. The Kier molecular flexibility index (Phi) is 9.64. The van der Waals surface area contributed by atoms with Crippen molar-refractivity contribution < 1.29 is 4.79 Å². The van der Waals surface area contributed by atoms with Gasteiger partial charge in [0.25, 0.3) is 5.91 Å². The Balaban J connectivity index is 1.64. The van der Waals surface area contributed by atoms with Crippen molar-refractivity contribution in [1.29, 1.82) is 0 Å². The molecule has 0 unspecified atom stereocenters. The standard InChI is InChI=1S/C28H44N2O/c1-22(20-21-25-16-12-11-13-17-25)30-27(23(2)24(3)28(30)31)29-26-18-14-9-7-5-4-6-8-10-15-19-26/h11-13,16-17,22,26-27,29H,4-10,14-15,18-21H2,1-3H3/t22-,27-/m0/s1. The number of carbonyl (C=O) groups is 1. The first kappa shape index (κ1) is 24.0. The van der Waals surface area contributed by atoms with Crippen LogP contribution >= 0.6 is 0 Å². The molecule has 1 N–H and O–H groups in total. The number of rotatable bonds is 6. The molecule has 1 fully saturated rings. The predicted octanol–water partition coefficient (Wildman–Crippen LogP) is 6.78. The van der Waals surface area contributed by atoms with Gasteiger partial charge in [-0.25, -0.2) is 0 Å². The lowest BCUT2D eigenvalue weighted by Gasteiger charge is -2.36. The van der Waals surface area contributed by atoms with E-state index < -0.39 is 0 Å². The maximum absolute atomic E-state index is 13.2. The molecule has 1 aromatic rings. The Morgan fingerprint density at radius 2 is 1.45 bits per heavy atom. The molecule has 2 atom stereocenters. The van der Waals surface area contributed by atoms with Crippen LogP contribution in [0.25, 0.3) is 0 Å². The van der Waals surface area contributed by atoms with Gasteiger partial charge in [0.15, 0.2) is 0 Å². The molecule has 1 saturated carbocycles. The molecule has 172 valence electrons. The zero-order chi connectivity index (χ0) is 22.1. The van der Waals surface area contributed by atoms with Crippen LogP contribution in [0, 0.1) is 0 Å². The van der Waals surface area contributed by atoms with Crippen LogP contribution in [0.5, 0.6) is 0 Å². The summed E-state index contributed by atoms with van der Waals surface area (Å²) in [6.45, 7) is 6.39. The first-order chi connectivity index (χ1) is 15.1. The molecule has 1 aromatic carbocycles. The fourth-order valence-corrected chi connectivity index (χ4v) is 5.27. The Bertz CT molecular complexity index is 699. The van der Waals surface area contributed by atoms with Gasteiger partial charge in [-0.05, 0) is 57.6 Å². The summed E-state index contributed by atoms with van der Waals surface area (Å²) in [5.41, 5.74) is 3.52. The van der Waals surface area contributed by atoms with Gasteiger partial charge in [-0.1, -0.05) is 88.1 Å². The van der Waals surface area contributed by atoms with Gasteiger partial charge in [0.1, 0.15) is 6.17 Å². The van der Waals surface area contributed by atoms with Crippen molar-refractivity contribution in [1.82, 2.24) is 10.2 Å². The molecule has 1 aliphatic carbocycles. The van der Waals surface area contributed by atoms with E-state index in [9.17, 15) is 4.79 Å². The van der Waals surface area contributed by atoms with Gasteiger partial charge in [0.05, 0.1) is 0 Å². The molecule has 0 radical (unpaired) electrons. The van der Waals surface area contributed by atoms with Crippen LogP contribution in [0.4, 0.5) is 0 Å². The van der Waals surface area contributed by atoms with Gasteiger partial charge >= 0.3 is 0 Å². The number of amides is 1. The van der Waals surface area contributed by atoms with E-state index in [2.05, 4.69) is 54.4 Å². The quantitative estimate of drug-likeness (QED) is 0.546. The van der Waals surface area contributed by atoms with Crippen molar-refractivity contribution in [3.8, 4) is 0 Å². The third-order valence-corrected chi connectivity index (χ3v) is 7.50. The molecule has 3 heteroatoms. The fraction of sp³-hybridized carbons (Fsp3) is 0.679. The fourth-order valence-electron chi connectivity index (χ4n) is 5.27. The second-order valence-corrected chi connectivity index (χ2v) is 9.92. The van der Waals surface area contributed by atoms with E-state index >= 15 is 0 Å². The minimum atomic E-state index is 0.0659. The zero-order valence-corrected chi connectivity index (χ0v) is 20.2. The highest BCUT2D eigenvalue weighted by Gasteiger charge is 2.38. The number of hydrogen-bond donors (Lipinski definition) is 1. The van der Waals surface area contributed by atoms with E-state index in [-0.39, 0.29) is 18.1 Å². The first-order valence-electron chi connectivity index (χ1n) is 12.9. The SMILES string of the molecule is CC1=C(C)[C@@H](NC2CCCCCCCCCCC2)N([C@@H](C)CCc2ccccc2)C1=O. The van der Waals surface area contributed by atoms with Crippen LogP contribution in [0.15, 0.2) is 41.5 Å². The van der Waals surface area contributed by atoms with Crippen LogP contribution in [0.1, 0.15) is 103 Å². The summed E-state index contributed by atoms with van der Waals surface area (Å²) < 4.78 is 0.